The van der Waals surface area contributed by atoms with Crippen LogP contribution in [-0.4, -0.2) is 22.3 Å². The van der Waals surface area contributed by atoms with Crippen LogP contribution in [-0.2, 0) is 6.54 Å². The highest BCUT2D eigenvalue weighted by Crippen LogP contribution is 2.23. The van der Waals surface area contributed by atoms with Crippen molar-refractivity contribution in [2.75, 3.05) is 12.4 Å². The van der Waals surface area contributed by atoms with Gasteiger partial charge in [0.05, 0.1) is 7.11 Å². The van der Waals surface area contributed by atoms with E-state index >= 15 is 0 Å². The average Bonchev–Trinajstić information content (AvgIpc) is 2.79. The van der Waals surface area contributed by atoms with Crippen molar-refractivity contribution in [2.24, 2.45) is 0 Å². The molecule has 1 aromatic carbocycles. The molecule has 0 unspecified atom stereocenters. The first-order chi connectivity index (χ1) is 7.79. The number of H-pyrrole nitrogens is 1. The summed E-state index contributed by atoms with van der Waals surface area (Å²) in [5.41, 5.74) is 1.05. The molecule has 7 heteroatoms. The van der Waals surface area contributed by atoms with Gasteiger partial charge in [-0.1, -0.05) is 15.9 Å². The molecule has 92 valence electrons. The number of nitrogens with zero attached hydrogens (tertiary/aromatic N) is 2. The smallest absolute Gasteiger partial charge is 0.218 e. The van der Waals surface area contributed by atoms with Crippen LogP contribution in [0, 0.1) is 0 Å². The number of ether oxygens (including phenoxy) is 1. The van der Waals surface area contributed by atoms with Crippen LogP contribution >= 0.6 is 28.3 Å². The number of aromatic nitrogens is 3. The highest BCUT2D eigenvalue weighted by Gasteiger charge is 2.04. The van der Waals surface area contributed by atoms with E-state index < -0.39 is 0 Å². The Morgan fingerprint density at radius 2 is 2.29 bits per heavy atom. The van der Waals surface area contributed by atoms with Gasteiger partial charge >= 0.3 is 0 Å². The molecule has 0 radical (unpaired) electrons. The second-order valence-electron chi connectivity index (χ2n) is 3.14. The van der Waals surface area contributed by atoms with Gasteiger partial charge < -0.3 is 10.1 Å². The van der Waals surface area contributed by atoms with E-state index in [0.29, 0.717) is 12.5 Å². The molecule has 0 saturated carbocycles. The van der Waals surface area contributed by atoms with Crippen LogP contribution in [0.1, 0.15) is 5.56 Å². The lowest BCUT2D eigenvalue weighted by Gasteiger charge is -2.09. The monoisotopic (exact) mass is 318 g/mol. The molecule has 2 N–H and O–H groups in total. The summed E-state index contributed by atoms with van der Waals surface area (Å²) in [4.78, 5) is 3.98. The number of hydrogen-bond acceptors (Lipinski definition) is 4. The molecule has 0 spiro atoms. The Balaban J connectivity index is 0.00000144. The normalized spacial score (nSPS) is 9.53. The molecule has 0 atom stereocenters. The molecule has 0 aliphatic rings. The topological polar surface area (TPSA) is 62.8 Å². The van der Waals surface area contributed by atoms with E-state index in [2.05, 4.69) is 36.4 Å². The third-order valence-corrected chi connectivity index (χ3v) is 2.60. The molecule has 0 saturated heterocycles. The Bertz CT molecular complexity index is 463. The zero-order chi connectivity index (χ0) is 11.4. The average molecular weight is 320 g/mol. The molecular formula is C10H12BrClN4O. The number of anilines is 1. The maximum Gasteiger partial charge on any atom is 0.218 e. The van der Waals surface area contributed by atoms with Gasteiger partial charge in [0, 0.05) is 16.6 Å². The summed E-state index contributed by atoms with van der Waals surface area (Å²) in [5.74, 6) is 1.48. The van der Waals surface area contributed by atoms with E-state index in [9.17, 15) is 0 Å². The second-order valence-corrected chi connectivity index (χ2v) is 4.06. The summed E-state index contributed by atoms with van der Waals surface area (Å²) in [7, 11) is 1.65. The number of halogens is 2. The molecule has 17 heavy (non-hydrogen) atoms. The van der Waals surface area contributed by atoms with Crippen molar-refractivity contribution >= 4 is 34.3 Å². The van der Waals surface area contributed by atoms with Crippen LogP contribution in [0.4, 0.5) is 5.95 Å². The summed E-state index contributed by atoms with van der Waals surface area (Å²) in [6.07, 6.45) is 1.46. The lowest BCUT2D eigenvalue weighted by Crippen LogP contribution is -2.03. The maximum absolute atomic E-state index is 5.26. The fourth-order valence-corrected chi connectivity index (χ4v) is 1.76. The number of aromatic amines is 1. The van der Waals surface area contributed by atoms with Gasteiger partial charge in [0.1, 0.15) is 12.1 Å². The SMILES string of the molecule is COc1ccc(Br)cc1CNc1ncn[nH]1.Cl. The van der Waals surface area contributed by atoms with E-state index in [1.54, 1.807) is 7.11 Å². The molecule has 0 bridgehead atoms. The second kappa shape index (κ2) is 6.46. The molecule has 2 rings (SSSR count). The van der Waals surface area contributed by atoms with Crippen molar-refractivity contribution in [3.8, 4) is 5.75 Å². The zero-order valence-corrected chi connectivity index (χ0v) is 11.5. The molecule has 0 aliphatic carbocycles. The highest BCUT2D eigenvalue weighted by molar-refractivity contribution is 9.10. The fraction of sp³-hybridized carbons (Fsp3) is 0.200. The third kappa shape index (κ3) is 3.61. The van der Waals surface area contributed by atoms with Gasteiger partial charge in [-0.25, -0.2) is 10.1 Å². The van der Waals surface area contributed by atoms with Crippen molar-refractivity contribution in [2.45, 2.75) is 6.54 Å². The maximum atomic E-state index is 5.26. The van der Waals surface area contributed by atoms with Gasteiger partial charge in [0.25, 0.3) is 0 Å². The van der Waals surface area contributed by atoms with Crippen molar-refractivity contribution < 1.29 is 4.74 Å². The number of nitrogens with one attached hydrogen (secondary N) is 2. The summed E-state index contributed by atoms with van der Waals surface area (Å²) in [6, 6.07) is 5.86. The highest BCUT2D eigenvalue weighted by atomic mass is 79.9. The van der Waals surface area contributed by atoms with E-state index in [4.69, 9.17) is 4.74 Å². The van der Waals surface area contributed by atoms with Crippen molar-refractivity contribution in [3.63, 3.8) is 0 Å². The van der Waals surface area contributed by atoms with Crippen LogP contribution in [0.25, 0.3) is 0 Å². The van der Waals surface area contributed by atoms with Crippen molar-refractivity contribution in [1.29, 1.82) is 0 Å². The van der Waals surface area contributed by atoms with Crippen LogP contribution in [0.3, 0.4) is 0 Å². The summed E-state index contributed by atoms with van der Waals surface area (Å²) in [6.45, 7) is 0.623. The van der Waals surface area contributed by atoms with Gasteiger partial charge in [0.2, 0.25) is 5.95 Å². The Kier molecular flexibility index (Phi) is 5.24. The summed E-state index contributed by atoms with van der Waals surface area (Å²) in [5, 5.41) is 9.60. The molecule has 1 aromatic heterocycles. The molecule has 0 amide bonds. The number of methoxy groups -OCH3 is 1. The van der Waals surface area contributed by atoms with Gasteiger partial charge in [0.15, 0.2) is 0 Å². The third-order valence-electron chi connectivity index (χ3n) is 2.10. The van der Waals surface area contributed by atoms with Gasteiger partial charge in [-0.15, -0.1) is 12.4 Å². The van der Waals surface area contributed by atoms with Crippen LogP contribution in [0.2, 0.25) is 0 Å². The Morgan fingerprint density at radius 1 is 1.47 bits per heavy atom. The Morgan fingerprint density at radius 3 is 2.94 bits per heavy atom. The van der Waals surface area contributed by atoms with Crippen LogP contribution in [0.15, 0.2) is 29.0 Å². The zero-order valence-electron chi connectivity index (χ0n) is 9.11. The number of hydrogen-bond donors (Lipinski definition) is 2. The minimum atomic E-state index is 0. The first kappa shape index (κ1) is 13.8. The number of rotatable bonds is 4. The quantitative estimate of drug-likeness (QED) is 0.909. The summed E-state index contributed by atoms with van der Waals surface area (Å²) >= 11 is 3.43. The first-order valence-corrected chi connectivity index (χ1v) is 5.50. The first-order valence-electron chi connectivity index (χ1n) is 4.71. The predicted molar refractivity (Wildman–Crippen MR) is 71.7 cm³/mol. The largest absolute Gasteiger partial charge is 0.496 e. The molecule has 0 fully saturated rings. The lowest BCUT2D eigenvalue weighted by atomic mass is 10.2. The van der Waals surface area contributed by atoms with Gasteiger partial charge in [-0.2, -0.15) is 5.10 Å². The molecule has 5 nitrogen and oxygen atoms in total. The fourth-order valence-electron chi connectivity index (χ4n) is 1.35. The van der Waals surface area contributed by atoms with E-state index in [-0.39, 0.29) is 12.4 Å². The molecule has 0 aliphatic heterocycles. The van der Waals surface area contributed by atoms with E-state index in [0.717, 1.165) is 15.8 Å². The standard InChI is InChI=1S/C10H11BrN4O.ClH/c1-16-9-3-2-8(11)4-7(9)5-12-10-13-6-14-15-10;/h2-4,6H,5H2,1H3,(H2,12,13,14,15);1H. The van der Waals surface area contributed by atoms with Crippen molar-refractivity contribution in [3.05, 3.63) is 34.6 Å². The minimum absolute atomic E-state index is 0. The van der Waals surface area contributed by atoms with E-state index in [1.165, 1.54) is 6.33 Å². The van der Waals surface area contributed by atoms with Gasteiger partial charge in [-0.05, 0) is 18.2 Å². The van der Waals surface area contributed by atoms with E-state index in [1.807, 2.05) is 18.2 Å². The minimum Gasteiger partial charge on any atom is -0.496 e. The Labute approximate surface area is 114 Å². The van der Waals surface area contributed by atoms with Crippen molar-refractivity contribution in [1.82, 2.24) is 15.2 Å². The van der Waals surface area contributed by atoms with Crippen LogP contribution < -0.4 is 10.1 Å². The summed E-state index contributed by atoms with van der Waals surface area (Å²) < 4.78 is 6.28. The number of benzene rings is 1. The molecular weight excluding hydrogens is 307 g/mol. The molecule has 1 heterocycles. The lowest BCUT2D eigenvalue weighted by molar-refractivity contribution is 0.410. The Hall–Kier alpha value is -1.27. The van der Waals surface area contributed by atoms with Gasteiger partial charge in [-0.3, -0.25) is 0 Å². The predicted octanol–water partition coefficient (Wildman–Crippen LogP) is 2.61. The van der Waals surface area contributed by atoms with Crippen LogP contribution in [0.5, 0.6) is 5.75 Å². The molecule has 2 aromatic rings.